The Labute approximate surface area is 256 Å². The van der Waals surface area contributed by atoms with Crippen molar-refractivity contribution >= 4 is 61.8 Å². The minimum atomic E-state index is -2.64. The Morgan fingerprint density at radius 1 is 1.12 bits per heavy atom. The number of thiophene rings is 1. The van der Waals surface area contributed by atoms with Gasteiger partial charge in [0.15, 0.2) is 0 Å². The van der Waals surface area contributed by atoms with E-state index < -0.39 is 12.3 Å². The average Bonchev–Trinajstić information content (AvgIpc) is 3.67. The van der Waals surface area contributed by atoms with E-state index in [1.165, 1.54) is 12.1 Å². The van der Waals surface area contributed by atoms with Crippen LogP contribution in [0.25, 0.3) is 16.7 Å². The van der Waals surface area contributed by atoms with Crippen LogP contribution in [0.5, 0.6) is 0 Å². The number of carbonyl (C=O) groups excluding carboxylic acids is 2. The number of alkyl halides is 3. The maximum Gasteiger partial charge on any atom is 0.272 e. The number of amides is 2. The number of nitrogens with one attached hydrogen (secondary N) is 2. The fourth-order valence-corrected chi connectivity index (χ4v) is 5.99. The van der Waals surface area contributed by atoms with Crippen LogP contribution < -0.4 is 15.5 Å². The minimum absolute atomic E-state index is 0.0425. The number of hydrogen-bond donors (Lipinski definition) is 2. The van der Waals surface area contributed by atoms with E-state index in [1.807, 2.05) is 41.0 Å². The maximum atomic E-state index is 13.2. The Hall–Kier alpha value is -3.15. The van der Waals surface area contributed by atoms with Crippen LogP contribution in [-0.4, -0.2) is 39.3 Å². The van der Waals surface area contributed by atoms with Crippen LogP contribution in [0.2, 0.25) is 0 Å². The van der Waals surface area contributed by atoms with Crippen molar-refractivity contribution in [2.75, 3.05) is 22.1 Å². The molecule has 0 fully saturated rings. The lowest BCUT2D eigenvalue weighted by Crippen LogP contribution is -2.37. The van der Waals surface area contributed by atoms with Crippen LogP contribution in [0.1, 0.15) is 66.2 Å². The van der Waals surface area contributed by atoms with Gasteiger partial charge in [0.05, 0.1) is 26.5 Å². The van der Waals surface area contributed by atoms with E-state index in [9.17, 15) is 18.4 Å². The van der Waals surface area contributed by atoms with Crippen LogP contribution in [0.15, 0.2) is 48.5 Å². The molecule has 4 aromatic rings. The van der Waals surface area contributed by atoms with Crippen LogP contribution >= 0.6 is 27.3 Å². The zero-order chi connectivity index (χ0) is 30.2. The fraction of sp³-hybridized carbons (Fsp3) is 0.387. The first-order valence-electron chi connectivity index (χ1n) is 13.9. The highest BCUT2D eigenvalue weighted by molar-refractivity contribution is 9.09. The predicted molar refractivity (Wildman–Crippen MR) is 169 cm³/mol. The Morgan fingerprint density at radius 3 is 2.60 bits per heavy atom. The summed E-state index contributed by atoms with van der Waals surface area (Å²) in [5.41, 5.74) is 5.25. The van der Waals surface area contributed by atoms with E-state index in [0.717, 1.165) is 45.8 Å². The maximum absolute atomic E-state index is 13.2. The number of anilines is 2. The van der Waals surface area contributed by atoms with Gasteiger partial charge in [-0.15, -0.1) is 11.3 Å². The number of imidazole rings is 1. The SMILES string of the molecule is C[C@H](NCc1ccc2c(c1)nc(NC(=O)c1ccc(C(F)F)s1)n2-c1ccc2c(c1)N(C(=O)CCBr)CC2)C(C)(C)C. The third-order valence-electron chi connectivity index (χ3n) is 7.75. The van der Waals surface area contributed by atoms with Crippen molar-refractivity contribution in [3.05, 3.63) is 69.4 Å². The van der Waals surface area contributed by atoms with E-state index in [1.54, 1.807) is 4.90 Å². The van der Waals surface area contributed by atoms with E-state index in [2.05, 4.69) is 54.3 Å². The van der Waals surface area contributed by atoms with Crippen molar-refractivity contribution in [1.29, 1.82) is 0 Å². The van der Waals surface area contributed by atoms with Crippen molar-refractivity contribution in [3.63, 3.8) is 0 Å². The lowest BCUT2D eigenvalue weighted by atomic mass is 9.88. The molecule has 5 rings (SSSR count). The molecule has 2 N–H and O–H groups in total. The molecule has 0 aliphatic carbocycles. The highest BCUT2D eigenvalue weighted by Gasteiger charge is 2.26. The number of fused-ring (bicyclic) bond motifs is 2. The Bertz CT molecular complexity index is 1630. The third-order valence-corrected chi connectivity index (χ3v) is 9.24. The average molecular weight is 659 g/mol. The molecule has 0 unspecified atom stereocenters. The third kappa shape index (κ3) is 6.28. The van der Waals surface area contributed by atoms with Crippen LogP contribution in [0.4, 0.5) is 20.4 Å². The molecule has 42 heavy (non-hydrogen) atoms. The van der Waals surface area contributed by atoms with Gasteiger partial charge in [-0.1, -0.05) is 48.8 Å². The van der Waals surface area contributed by atoms with Gasteiger partial charge in [0.25, 0.3) is 12.3 Å². The standard InChI is InChI=1S/C31H34BrF2N5O2S/c1-18(31(2,3)4)35-17-19-5-8-23-22(15-19)36-30(37-29(41)26-10-9-25(42-26)28(33)34)39(23)21-7-6-20-12-14-38(24(20)16-21)27(40)11-13-32/h5-10,15-16,18,28,35H,11-14,17H2,1-4H3,(H,36,37,41)/t18-/m0/s1. The number of nitrogens with zero attached hydrogens (tertiary/aromatic N) is 3. The smallest absolute Gasteiger partial charge is 0.272 e. The van der Waals surface area contributed by atoms with Crippen molar-refractivity contribution in [2.45, 2.75) is 59.5 Å². The number of benzene rings is 2. The Kier molecular flexibility index (Phi) is 8.82. The molecule has 3 heterocycles. The molecular weight excluding hydrogens is 624 g/mol. The summed E-state index contributed by atoms with van der Waals surface area (Å²) >= 11 is 4.12. The second-order valence-electron chi connectivity index (χ2n) is 11.6. The number of hydrogen-bond acceptors (Lipinski definition) is 5. The van der Waals surface area contributed by atoms with Gasteiger partial charge in [0.2, 0.25) is 11.9 Å². The predicted octanol–water partition coefficient (Wildman–Crippen LogP) is 7.48. The zero-order valence-electron chi connectivity index (χ0n) is 24.0. The summed E-state index contributed by atoms with van der Waals surface area (Å²) in [7, 11) is 0. The van der Waals surface area contributed by atoms with Gasteiger partial charge in [-0.2, -0.15) is 0 Å². The molecule has 0 bridgehead atoms. The van der Waals surface area contributed by atoms with Crippen LogP contribution in [0.3, 0.4) is 0 Å². The zero-order valence-corrected chi connectivity index (χ0v) is 26.4. The molecule has 1 aliphatic rings. The summed E-state index contributed by atoms with van der Waals surface area (Å²) in [6.07, 6.45) is -1.48. The van der Waals surface area contributed by atoms with Gasteiger partial charge in [0.1, 0.15) is 0 Å². The summed E-state index contributed by atoms with van der Waals surface area (Å²) in [6.45, 7) is 9.99. The van der Waals surface area contributed by atoms with Gasteiger partial charge >= 0.3 is 0 Å². The summed E-state index contributed by atoms with van der Waals surface area (Å²) in [5, 5.41) is 7.01. The summed E-state index contributed by atoms with van der Waals surface area (Å²) < 4.78 is 28.2. The summed E-state index contributed by atoms with van der Waals surface area (Å²) in [5.74, 6) is -0.202. The highest BCUT2D eigenvalue weighted by Crippen LogP contribution is 2.34. The number of halogens is 3. The summed E-state index contributed by atoms with van der Waals surface area (Å²) in [4.78, 5) is 32.6. The lowest BCUT2D eigenvalue weighted by molar-refractivity contribution is -0.118. The first-order valence-corrected chi connectivity index (χ1v) is 15.8. The quantitative estimate of drug-likeness (QED) is 0.183. The molecule has 0 saturated carbocycles. The molecule has 11 heteroatoms. The highest BCUT2D eigenvalue weighted by atomic mass is 79.9. The van der Waals surface area contributed by atoms with Gasteiger partial charge < -0.3 is 10.2 Å². The van der Waals surface area contributed by atoms with Crippen LogP contribution in [-0.2, 0) is 17.8 Å². The van der Waals surface area contributed by atoms with E-state index in [4.69, 9.17) is 4.98 Å². The second-order valence-corrected chi connectivity index (χ2v) is 13.5. The molecule has 2 amide bonds. The molecule has 1 aliphatic heterocycles. The van der Waals surface area contributed by atoms with Crippen molar-refractivity contribution in [1.82, 2.24) is 14.9 Å². The molecule has 0 saturated heterocycles. The molecule has 7 nitrogen and oxygen atoms in total. The van der Waals surface area contributed by atoms with Crippen molar-refractivity contribution < 1.29 is 18.4 Å². The first kappa shape index (κ1) is 30.3. The van der Waals surface area contributed by atoms with Crippen LogP contribution in [0, 0.1) is 5.41 Å². The number of rotatable bonds is 9. The molecule has 1 atom stereocenters. The van der Waals surface area contributed by atoms with E-state index in [-0.39, 0.29) is 33.1 Å². The number of aromatic nitrogens is 2. The van der Waals surface area contributed by atoms with Gasteiger partial charge in [0, 0.05) is 36.6 Å². The molecule has 2 aromatic carbocycles. The molecule has 0 spiro atoms. The molecule has 0 radical (unpaired) electrons. The summed E-state index contributed by atoms with van der Waals surface area (Å²) in [6, 6.07) is 14.8. The lowest BCUT2D eigenvalue weighted by Gasteiger charge is -2.28. The van der Waals surface area contributed by atoms with Gasteiger partial charge in [-0.25, -0.2) is 13.8 Å². The molecular formula is C31H34BrF2N5O2S. The Balaban J connectivity index is 1.54. The number of carbonyl (C=O) groups is 2. The van der Waals surface area contributed by atoms with Gasteiger partial charge in [-0.05, 0) is 66.3 Å². The largest absolute Gasteiger partial charge is 0.312 e. The van der Waals surface area contributed by atoms with E-state index in [0.29, 0.717) is 30.4 Å². The fourth-order valence-electron chi connectivity index (χ4n) is 4.89. The monoisotopic (exact) mass is 657 g/mol. The molecule has 222 valence electrons. The second kappa shape index (κ2) is 12.2. The topological polar surface area (TPSA) is 79.3 Å². The first-order chi connectivity index (χ1) is 20.0. The van der Waals surface area contributed by atoms with Gasteiger partial charge in [-0.3, -0.25) is 19.5 Å². The van der Waals surface area contributed by atoms with Crippen molar-refractivity contribution in [2.24, 2.45) is 5.41 Å². The van der Waals surface area contributed by atoms with E-state index >= 15 is 0 Å². The van der Waals surface area contributed by atoms with Crippen molar-refractivity contribution in [3.8, 4) is 5.69 Å². The Morgan fingerprint density at radius 2 is 1.90 bits per heavy atom. The minimum Gasteiger partial charge on any atom is -0.312 e. The normalized spacial score (nSPS) is 14.0. The molecule has 2 aromatic heterocycles.